The molecule has 0 amide bonds. The SMILES string of the molecule is Cn1c(=O)c(C(=O)c2ccc(C(F)(F)F)cc2)c(O)c2ccccc21.O.O.[Eu]. The van der Waals surface area contributed by atoms with Crippen molar-refractivity contribution < 1.29 is 83.4 Å². The van der Waals surface area contributed by atoms with Gasteiger partial charge in [-0.05, 0) is 24.3 Å². The fourth-order valence-electron chi connectivity index (χ4n) is 2.64. The number of pyridine rings is 1. The number of nitrogens with zero attached hydrogens (tertiary/aromatic N) is 1. The van der Waals surface area contributed by atoms with Crippen LogP contribution in [0.5, 0.6) is 5.75 Å². The largest absolute Gasteiger partial charge is 0.506 e. The minimum Gasteiger partial charge on any atom is -0.506 e. The maximum atomic E-state index is 12.6. The van der Waals surface area contributed by atoms with Gasteiger partial charge in [-0.1, -0.05) is 24.3 Å². The molecule has 1 radical (unpaired) electrons. The van der Waals surface area contributed by atoms with E-state index in [9.17, 15) is 27.9 Å². The fraction of sp³-hybridized carbons (Fsp3) is 0.111. The van der Waals surface area contributed by atoms with E-state index >= 15 is 0 Å². The molecule has 1 aromatic heterocycles. The topological polar surface area (TPSA) is 122 Å². The average Bonchev–Trinajstić information content (AvgIpc) is 2.59. The van der Waals surface area contributed by atoms with Gasteiger partial charge in [0.2, 0.25) is 5.78 Å². The Morgan fingerprint density at radius 1 is 1.00 bits per heavy atom. The third-order valence-corrected chi connectivity index (χ3v) is 3.98. The molecule has 1 heterocycles. The number of hydrogen-bond acceptors (Lipinski definition) is 3. The van der Waals surface area contributed by atoms with E-state index in [2.05, 4.69) is 0 Å². The van der Waals surface area contributed by atoms with Crippen LogP contribution in [0.2, 0.25) is 0 Å². The van der Waals surface area contributed by atoms with Crippen LogP contribution < -0.4 is 5.56 Å². The van der Waals surface area contributed by atoms with E-state index < -0.39 is 34.4 Å². The Labute approximate surface area is 197 Å². The van der Waals surface area contributed by atoms with Crippen LogP contribution in [0.1, 0.15) is 21.5 Å². The summed E-state index contributed by atoms with van der Waals surface area (Å²) < 4.78 is 39.1. The number of benzene rings is 2. The molecule has 0 atom stereocenters. The van der Waals surface area contributed by atoms with Crippen molar-refractivity contribution in [2.45, 2.75) is 6.18 Å². The van der Waals surface area contributed by atoms with E-state index in [1.165, 1.54) is 11.6 Å². The summed E-state index contributed by atoms with van der Waals surface area (Å²) in [7, 11) is 1.45. The standard InChI is InChI=1S/C18H12F3NO3.Eu.2H2O/c1-22-13-5-3-2-4-12(13)16(24)14(17(22)25)15(23)10-6-8-11(9-7-10)18(19,20)21;;;/h2-9,24H,1H3;;2*1H2. The van der Waals surface area contributed by atoms with Crippen LogP contribution in [0, 0.1) is 49.4 Å². The van der Waals surface area contributed by atoms with Crippen molar-refractivity contribution in [3.63, 3.8) is 0 Å². The second kappa shape index (κ2) is 9.75. The molecule has 3 rings (SSSR count). The Balaban J connectivity index is 0.00000243. The molecule has 3 aromatic rings. The van der Waals surface area contributed by atoms with Gasteiger partial charge in [0, 0.05) is 67.4 Å². The summed E-state index contributed by atoms with van der Waals surface area (Å²) >= 11 is 0. The van der Waals surface area contributed by atoms with Gasteiger partial charge in [-0.15, -0.1) is 0 Å². The molecule has 10 heteroatoms. The number of rotatable bonds is 2. The Morgan fingerprint density at radius 2 is 1.54 bits per heavy atom. The van der Waals surface area contributed by atoms with E-state index in [1.807, 2.05) is 0 Å². The molecule has 0 aliphatic heterocycles. The zero-order valence-corrected chi connectivity index (χ0v) is 16.8. The summed E-state index contributed by atoms with van der Waals surface area (Å²) in [5, 5.41) is 10.7. The fourth-order valence-corrected chi connectivity index (χ4v) is 2.64. The second-order valence-corrected chi connectivity index (χ2v) is 5.51. The first-order valence-corrected chi connectivity index (χ1v) is 7.24. The smallest absolute Gasteiger partial charge is 0.416 e. The first-order valence-electron chi connectivity index (χ1n) is 7.24. The monoisotopic (exact) mass is 536 g/mol. The summed E-state index contributed by atoms with van der Waals surface area (Å²) in [5.41, 5.74) is -1.77. The molecule has 0 saturated carbocycles. The number of alkyl halides is 3. The molecule has 0 bridgehead atoms. The number of carbonyl (C=O) groups excluding carboxylic acids is 1. The first-order chi connectivity index (χ1) is 11.7. The average molecular weight is 535 g/mol. The number of aryl methyl sites for hydroxylation is 1. The van der Waals surface area contributed by atoms with Crippen LogP contribution in [0.15, 0.2) is 53.3 Å². The quantitative estimate of drug-likeness (QED) is 0.504. The second-order valence-electron chi connectivity index (χ2n) is 5.51. The van der Waals surface area contributed by atoms with E-state index in [4.69, 9.17) is 0 Å². The Morgan fingerprint density at radius 3 is 2.07 bits per heavy atom. The number of ketones is 1. The molecule has 2 aromatic carbocycles. The van der Waals surface area contributed by atoms with Crippen molar-refractivity contribution in [3.05, 3.63) is 75.6 Å². The zero-order valence-electron chi connectivity index (χ0n) is 14.3. The van der Waals surface area contributed by atoms with E-state index in [0.29, 0.717) is 10.9 Å². The molecule has 0 unspecified atom stereocenters. The van der Waals surface area contributed by atoms with Crippen molar-refractivity contribution in [2.24, 2.45) is 7.05 Å². The number of aromatic nitrogens is 1. The van der Waals surface area contributed by atoms with Gasteiger partial charge in [0.1, 0.15) is 11.3 Å². The van der Waals surface area contributed by atoms with Crippen LogP contribution in [0.25, 0.3) is 10.9 Å². The number of halogens is 3. The molecule has 0 aliphatic carbocycles. The van der Waals surface area contributed by atoms with Crippen molar-refractivity contribution in [3.8, 4) is 5.75 Å². The minimum absolute atomic E-state index is 0. The molecule has 0 aliphatic rings. The number of fused-ring (bicyclic) bond motifs is 1. The number of para-hydroxylation sites is 1. The van der Waals surface area contributed by atoms with Crippen molar-refractivity contribution in [1.29, 1.82) is 0 Å². The van der Waals surface area contributed by atoms with Gasteiger partial charge in [-0.3, -0.25) is 9.59 Å². The normalized spacial score (nSPS) is 10.4. The third-order valence-electron chi connectivity index (χ3n) is 3.98. The minimum atomic E-state index is -4.52. The van der Waals surface area contributed by atoms with Crippen molar-refractivity contribution >= 4 is 16.7 Å². The predicted molar refractivity (Wildman–Crippen MR) is 93.0 cm³/mol. The van der Waals surface area contributed by atoms with Crippen LogP contribution in [0.3, 0.4) is 0 Å². The van der Waals surface area contributed by atoms with Gasteiger partial charge in [0.05, 0.1) is 11.1 Å². The van der Waals surface area contributed by atoms with Gasteiger partial charge in [-0.25, -0.2) is 0 Å². The van der Waals surface area contributed by atoms with E-state index in [1.54, 1.807) is 24.3 Å². The van der Waals surface area contributed by atoms with E-state index in [-0.39, 0.29) is 65.9 Å². The maximum Gasteiger partial charge on any atom is 0.416 e. The molecule has 151 valence electrons. The van der Waals surface area contributed by atoms with Gasteiger partial charge >= 0.3 is 6.18 Å². The summed E-state index contributed by atoms with van der Waals surface area (Å²) in [4.78, 5) is 25.0. The van der Waals surface area contributed by atoms with Gasteiger partial charge in [-0.2, -0.15) is 13.2 Å². The Hall–Kier alpha value is -1.59. The number of carbonyl (C=O) groups is 1. The van der Waals surface area contributed by atoms with Crippen LogP contribution in [-0.4, -0.2) is 26.4 Å². The predicted octanol–water partition coefficient (Wildman–Crippen LogP) is 1.84. The van der Waals surface area contributed by atoms with Crippen LogP contribution in [0.4, 0.5) is 13.2 Å². The van der Waals surface area contributed by atoms with Gasteiger partial charge in [0.25, 0.3) is 5.56 Å². The molecule has 28 heavy (non-hydrogen) atoms. The van der Waals surface area contributed by atoms with Crippen molar-refractivity contribution in [1.82, 2.24) is 4.57 Å². The maximum absolute atomic E-state index is 12.6. The zero-order chi connectivity index (χ0) is 18.4. The van der Waals surface area contributed by atoms with Crippen LogP contribution >= 0.6 is 0 Å². The Bertz CT molecular complexity index is 1050. The van der Waals surface area contributed by atoms with Gasteiger partial charge in [0.15, 0.2) is 0 Å². The summed E-state index contributed by atoms with van der Waals surface area (Å²) in [5.74, 6) is -1.32. The first kappa shape index (κ1) is 26.4. The number of hydrogen-bond donors (Lipinski definition) is 1. The Kier molecular flexibility index (Phi) is 9.20. The molecule has 6 nitrogen and oxygen atoms in total. The molecule has 0 spiro atoms. The molecular formula is C18H16EuF3NO5. The molecule has 0 saturated heterocycles. The summed E-state index contributed by atoms with van der Waals surface area (Å²) in [6, 6.07) is 9.97. The van der Waals surface area contributed by atoms with E-state index in [0.717, 1.165) is 24.3 Å². The van der Waals surface area contributed by atoms with Crippen LogP contribution in [-0.2, 0) is 13.2 Å². The van der Waals surface area contributed by atoms with Gasteiger partial charge < -0.3 is 20.6 Å². The number of aromatic hydroxyl groups is 1. The summed E-state index contributed by atoms with van der Waals surface area (Å²) in [6.45, 7) is 0. The third kappa shape index (κ3) is 4.69. The molecular weight excluding hydrogens is 519 g/mol. The van der Waals surface area contributed by atoms with Crippen molar-refractivity contribution in [2.75, 3.05) is 0 Å². The summed E-state index contributed by atoms with van der Waals surface area (Å²) in [6.07, 6.45) is -4.52. The molecule has 0 fully saturated rings. The molecule has 5 N–H and O–H groups in total.